The van der Waals surface area contributed by atoms with Crippen LogP contribution >= 0.6 is 0 Å². The lowest BCUT2D eigenvalue weighted by Gasteiger charge is -2.22. The number of ether oxygens (including phenoxy) is 1. The number of imidazole rings is 1. The lowest BCUT2D eigenvalue weighted by molar-refractivity contribution is -0.570. The van der Waals surface area contributed by atoms with E-state index in [0.29, 0.717) is 72.9 Å². The number of fused-ring (bicyclic) bond motifs is 10. The molecule has 0 atom stereocenters. The number of hydrogen-bond acceptors (Lipinski definition) is 2. The lowest BCUT2D eigenvalue weighted by Crippen LogP contribution is -2.32. The lowest BCUT2D eigenvalue weighted by atomic mass is 9.83. The van der Waals surface area contributed by atoms with Crippen LogP contribution in [0.2, 0.25) is 0 Å². The average Bonchev–Trinajstić information content (AvgIpc) is 1.71. The van der Waals surface area contributed by atoms with Gasteiger partial charge in [-0.05, 0) is 143 Å². The van der Waals surface area contributed by atoms with Crippen LogP contribution in [-0.4, -0.2) is 14.1 Å². The van der Waals surface area contributed by atoms with Crippen molar-refractivity contribution in [1.29, 1.82) is 0 Å². The minimum Gasteiger partial charge on any atom is -0.458 e. The number of pyridine rings is 1. The normalized spacial score (nSPS) is 13.9. The van der Waals surface area contributed by atoms with Gasteiger partial charge in [0.2, 0.25) is 0 Å². The highest BCUT2D eigenvalue weighted by Crippen LogP contribution is 2.49. The first-order valence-electron chi connectivity index (χ1n) is 31.5. The zero-order valence-electron chi connectivity index (χ0n) is 54.5. The van der Waals surface area contributed by atoms with Crippen LogP contribution in [0.1, 0.15) is 66.4 Å². The van der Waals surface area contributed by atoms with E-state index in [4.69, 9.17) is 17.9 Å². The van der Waals surface area contributed by atoms with E-state index in [1.807, 2.05) is 125 Å². The summed E-state index contributed by atoms with van der Waals surface area (Å²) < 4.78 is 103. The summed E-state index contributed by atoms with van der Waals surface area (Å²) in [7, 11) is 0. The third-order valence-electron chi connectivity index (χ3n) is 15.3. The van der Waals surface area contributed by atoms with Gasteiger partial charge in [-0.1, -0.05) is 217 Å². The Kier molecular flexibility index (Phi) is 8.94. The predicted octanol–water partition coefficient (Wildman–Crippen LogP) is 18.9. The fourth-order valence-electron chi connectivity index (χ4n) is 11.4. The fourth-order valence-corrected chi connectivity index (χ4v) is 11.4. The Bertz CT molecular complexity index is 5090. The Balaban J connectivity index is 1.06. The minimum absolute atomic E-state index is 0.00345. The first-order valence-corrected chi connectivity index (χ1v) is 26.5. The fraction of sp³-hybridized carbons (Fsp3) is 0.108. The highest BCUT2D eigenvalue weighted by molar-refractivity contribution is 6.10. The maximum Gasteiger partial charge on any atom is 0.269 e. The summed E-state index contributed by atoms with van der Waals surface area (Å²) in [5, 5.41) is 2.12. The molecule has 3 aromatic heterocycles. The van der Waals surface area contributed by atoms with E-state index in [-0.39, 0.29) is 46.1 Å². The first kappa shape index (κ1) is 38.0. The molecule has 0 saturated carbocycles. The number of aromatic nitrogens is 4. The largest absolute Gasteiger partial charge is 0.458 e. The van der Waals surface area contributed by atoms with Crippen LogP contribution in [0.25, 0.3) is 117 Å². The molecule has 0 fully saturated rings. The number of hydrogen-bond donors (Lipinski definition) is 0. The molecule has 0 aliphatic carbocycles. The molecular formula is C74H58N4O. The van der Waals surface area contributed by atoms with E-state index in [2.05, 4.69) is 113 Å². The topological polar surface area (TPSA) is 35.9 Å². The molecule has 4 heterocycles. The van der Waals surface area contributed by atoms with Crippen molar-refractivity contribution in [1.82, 2.24) is 14.1 Å². The van der Waals surface area contributed by atoms with Crippen LogP contribution in [0.4, 0.5) is 0 Å². The molecule has 0 spiro atoms. The van der Waals surface area contributed by atoms with E-state index < -0.39 is 36.3 Å². The van der Waals surface area contributed by atoms with Gasteiger partial charge in [-0.3, -0.25) is 13.7 Å². The van der Waals surface area contributed by atoms with Crippen LogP contribution in [0, 0.1) is 6.33 Å². The van der Waals surface area contributed by atoms with Gasteiger partial charge in [0.05, 0.1) is 47.1 Å². The van der Waals surface area contributed by atoms with E-state index >= 15 is 0 Å². The molecule has 0 amide bonds. The van der Waals surface area contributed by atoms with E-state index in [0.717, 1.165) is 55.4 Å². The maximum absolute atomic E-state index is 9.41. The summed E-state index contributed by atoms with van der Waals surface area (Å²) in [6.07, 6.45) is 5.71. The summed E-state index contributed by atoms with van der Waals surface area (Å²) in [5.74, 6) is 1.89. The molecule has 14 rings (SSSR count). The van der Waals surface area contributed by atoms with Gasteiger partial charge in [0, 0.05) is 23.0 Å². The maximum atomic E-state index is 9.41. The van der Waals surface area contributed by atoms with Crippen LogP contribution in [0.5, 0.6) is 11.5 Å². The van der Waals surface area contributed by atoms with Gasteiger partial charge < -0.3 is 4.74 Å². The minimum atomic E-state index is -0.517. The van der Waals surface area contributed by atoms with Gasteiger partial charge in [0.1, 0.15) is 17.3 Å². The number of para-hydroxylation sites is 2. The van der Waals surface area contributed by atoms with Crippen molar-refractivity contribution in [2.24, 2.45) is 0 Å². The highest BCUT2D eigenvalue weighted by Gasteiger charge is 2.29. The molecule has 0 unspecified atom stereocenters. The predicted molar refractivity (Wildman–Crippen MR) is 326 cm³/mol. The van der Waals surface area contributed by atoms with Crippen molar-refractivity contribution in [3.05, 3.63) is 260 Å². The molecule has 380 valence electrons. The SMILES string of the molecule is [2H]c1c([2H])c([2H])c(-c2cc3c4c(c2)n(-c2cccc(Oc5ccc6c7ccccc7n(-c7cc(C(C)(C)C)ccn7)c6c5)c2)[c-][n+]4-c2c(-c4ccc(C(C)(C)C)cc4)cccc2-c2cccc(-c4c([2H])c([2H])c([2H])c([2H])c4[2H])c2-c2ccccc2-3)c([2H])c1[2H]. The molecule has 0 radical (unpaired) electrons. The van der Waals surface area contributed by atoms with Gasteiger partial charge in [0.25, 0.3) is 6.33 Å². The Morgan fingerprint density at radius 3 is 1.87 bits per heavy atom. The number of rotatable bonds is 7. The van der Waals surface area contributed by atoms with Crippen LogP contribution in [0.15, 0.2) is 243 Å². The summed E-state index contributed by atoms with van der Waals surface area (Å²) in [6.45, 7) is 13.1. The van der Waals surface area contributed by atoms with Crippen molar-refractivity contribution in [2.45, 2.75) is 52.4 Å². The van der Waals surface area contributed by atoms with E-state index in [9.17, 15) is 5.48 Å². The van der Waals surface area contributed by atoms with Crippen molar-refractivity contribution >= 4 is 32.8 Å². The van der Waals surface area contributed by atoms with Crippen LogP contribution < -0.4 is 9.30 Å². The van der Waals surface area contributed by atoms with Gasteiger partial charge >= 0.3 is 0 Å². The summed E-state index contributed by atoms with van der Waals surface area (Å²) in [4.78, 5) is 4.90. The molecule has 1 aliphatic heterocycles. The van der Waals surface area contributed by atoms with Gasteiger partial charge in [-0.2, -0.15) is 0 Å². The molecule has 0 saturated heterocycles. The molecule has 0 N–H and O–H groups in total. The van der Waals surface area contributed by atoms with Gasteiger partial charge in [-0.15, -0.1) is 0 Å². The zero-order chi connectivity index (χ0) is 62.3. The quantitative estimate of drug-likeness (QED) is 0.118. The monoisotopic (exact) mass is 1030 g/mol. The second-order valence-corrected chi connectivity index (χ2v) is 22.2. The van der Waals surface area contributed by atoms with Crippen molar-refractivity contribution < 1.29 is 23.0 Å². The molecule has 79 heavy (non-hydrogen) atoms. The standard InChI is InChI=1S/C74H58N4O/c1-73(2,3)52-36-34-50(35-37-52)58-30-19-32-64-63-31-18-29-57(49-22-11-8-12-23-49)70(63)62-28-14-13-26-59(62)65-42-51(48-20-9-7-10-21-48)43-68-72(65)77(71(58)64)47-76(68)54-24-17-25-55(45-54)79-56-38-39-61-60-27-15-16-33-66(60)78(67(61)46-56)69-44-53(40-41-75-69)74(4,5)6/h7-46H,1-6H3/i7D,8D,9D,10D,11D,12D,20D,21D,22D,23D. The molecular weight excluding hydrogens is 961 g/mol. The Morgan fingerprint density at radius 1 is 0.456 bits per heavy atom. The Morgan fingerprint density at radius 2 is 1.10 bits per heavy atom. The van der Waals surface area contributed by atoms with E-state index in [1.165, 1.54) is 0 Å². The smallest absolute Gasteiger partial charge is 0.269 e. The second kappa shape index (κ2) is 18.6. The molecule has 5 nitrogen and oxygen atoms in total. The first-order chi connectivity index (χ1) is 42.6. The van der Waals surface area contributed by atoms with Gasteiger partial charge in [0.15, 0.2) is 0 Å². The molecule has 1 aliphatic rings. The number of nitrogens with zero attached hydrogens (tertiary/aromatic N) is 4. The third-order valence-corrected chi connectivity index (χ3v) is 15.3. The summed E-state index contributed by atoms with van der Waals surface area (Å²) >= 11 is 0. The number of benzene rings is 10. The Labute approximate surface area is 476 Å². The second-order valence-electron chi connectivity index (χ2n) is 22.2. The van der Waals surface area contributed by atoms with E-state index in [1.54, 1.807) is 6.07 Å². The van der Waals surface area contributed by atoms with Crippen LogP contribution in [0.3, 0.4) is 0 Å². The molecule has 13 aromatic rings. The summed E-state index contributed by atoms with van der Waals surface area (Å²) in [5.41, 5.74) is 13.0. The third kappa shape index (κ3) is 8.24. The molecule has 5 heteroatoms. The molecule has 10 aromatic carbocycles. The zero-order valence-corrected chi connectivity index (χ0v) is 44.5. The van der Waals surface area contributed by atoms with Gasteiger partial charge in [-0.25, -0.2) is 4.98 Å². The van der Waals surface area contributed by atoms with Crippen LogP contribution in [-0.2, 0) is 10.8 Å². The van der Waals surface area contributed by atoms with Crippen molar-refractivity contribution in [3.8, 4) is 95.5 Å². The highest BCUT2D eigenvalue weighted by atomic mass is 16.5. The van der Waals surface area contributed by atoms with Crippen molar-refractivity contribution in [3.63, 3.8) is 0 Å². The average molecular weight is 1030 g/mol. The van der Waals surface area contributed by atoms with Crippen molar-refractivity contribution in [2.75, 3.05) is 0 Å². The molecule has 0 bridgehead atoms. The summed E-state index contributed by atoms with van der Waals surface area (Å²) in [6, 6.07) is 53.7. The Hall–Kier alpha value is -9.58.